The Morgan fingerprint density at radius 2 is 1.96 bits per heavy atom. The summed E-state index contributed by atoms with van der Waals surface area (Å²) in [6.45, 7) is 6.25. The van der Waals surface area contributed by atoms with E-state index in [2.05, 4.69) is 22.2 Å². The highest BCUT2D eigenvalue weighted by molar-refractivity contribution is 8.00. The SMILES string of the molecule is CCCCCCCC(Sc1nc(Cl)cc(Nc2cccc(C)c2C)n1)C(=O)O. The smallest absolute Gasteiger partial charge is 0.317 e. The van der Waals surface area contributed by atoms with Gasteiger partial charge in [-0.25, -0.2) is 9.97 Å². The molecule has 1 atom stereocenters. The summed E-state index contributed by atoms with van der Waals surface area (Å²) in [5, 5.41) is 12.9. The number of nitrogens with zero attached hydrogens (tertiary/aromatic N) is 2. The third-order valence-corrected chi connectivity index (χ3v) is 5.94. The summed E-state index contributed by atoms with van der Waals surface area (Å²) in [7, 11) is 0. The van der Waals surface area contributed by atoms with Crippen molar-refractivity contribution in [2.24, 2.45) is 0 Å². The van der Waals surface area contributed by atoms with Crippen LogP contribution in [0.4, 0.5) is 11.5 Å². The van der Waals surface area contributed by atoms with Crippen LogP contribution in [0.25, 0.3) is 0 Å². The normalized spacial score (nSPS) is 12.0. The van der Waals surface area contributed by atoms with Crippen molar-refractivity contribution >= 4 is 40.8 Å². The number of carbonyl (C=O) groups is 1. The van der Waals surface area contributed by atoms with Crippen molar-refractivity contribution in [2.75, 3.05) is 5.32 Å². The minimum Gasteiger partial charge on any atom is -0.480 e. The van der Waals surface area contributed by atoms with Gasteiger partial charge in [0.15, 0.2) is 5.16 Å². The molecule has 0 radical (unpaired) electrons. The van der Waals surface area contributed by atoms with E-state index in [0.717, 1.165) is 42.3 Å². The first-order valence-electron chi connectivity index (χ1n) is 9.68. The standard InChI is InChI=1S/C21H28ClN3O2S/c1-4-5-6-7-8-12-17(20(26)27)28-21-24-18(22)13-19(25-21)23-16-11-9-10-14(2)15(16)3/h9-11,13,17H,4-8,12H2,1-3H3,(H,26,27)(H,23,24,25). The average molecular weight is 422 g/mol. The molecule has 0 aliphatic heterocycles. The number of aliphatic carboxylic acids is 1. The van der Waals surface area contributed by atoms with Gasteiger partial charge in [-0.15, -0.1) is 0 Å². The summed E-state index contributed by atoms with van der Waals surface area (Å²) >= 11 is 7.32. The summed E-state index contributed by atoms with van der Waals surface area (Å²) in [5.74, 6) is -0.281. The number of rotatable bonds is 11. The molecule has 0 saturated carbocycles. The fourth-order valence-corrected chi connectivity index (χ4v) is 4.01. The van der Waals surface area contributed by atoms with Gasteiger partial charge in [-0.1, -0.05) is 74.5 Å². The topological polar surface area (TPSA) is 75.1 Å². The van der Waals surface area contributed by atoms with Crippen LogP contribution >= 0.6 is 23.4 Å². The third kappa shape index (κ3) is 6.99. The molecule has 1 unspecified atom stereocenters. The van der Waals surface area contributed by atoms with Crippen molar-refractivity contribution in [3.05, 3.63) is 40.5 Å². The number of nitrogens with one attached hydrogen (secondary N) is 1. The molecule has 7 heteroatoms. The first-order valence-corrected chi connectivity index (χ1v) is 10.9. The van der Waals surface area contributed by atoms with E-state index in [9.17, 15) is 9.90 Å². The van der Waals surface area contributed by atoms with E-state index in [0.29, 0.717) is 17.4 Å². The minimum atomic E-state index is -0.840. The molecule has 1 heterocycles. The molecule has 0 bridgehead atoms. The zero-order valence-electron chi connectivity index (χ0n) is 16.7. The number of benzene rings is 1. The van der Waals surface area contributed by atoms with E-state index in [4.69, 9.17) is 11.6 Å². The molecule has 2 aromatic rings. The number of aromatic nitrogens is 2. The summed E-state index contributed by atoms with van der Waals surface area (Å²) < 4.78 is 0. The molecule has 28 heavy (non-hydrogen) atoms. The van der Waals surface area contributed by atoms with Gasteiger partial charge >= 0.3 is 5.97 Å². The Hall–Kier alpha value is -1.79. The van der Waals surface area contributed by atoms with Crippen LogP contribution in [-0.4, -0.2) is 26.3 Å². The third-order valence-electron chi connectivity index (χ3n) is 4.63. The van der Waals surface area contributed by atoms with Crippen LogP contribution < -0.4 is 5.32 Å². The van der Waals surface area contributed by atoms with Crippen LogP contribution in [0.2, 0.25) is 5.15 Å². The molecule has 5 nitrogen and oxygen atoms in total. The highest BCUT2D eigenvalue weighted by Crippen LogP contribution is 2.29. The van der Waals surface area contributed by atoms with Crippen LogP contribution in [-0.2, 0) is 4.79 Å². The van der Waals surface area contributed by atoms with Crippen LogP contribution in [0.5, 0.6) is 0 Å². The van der Waals surface area contributed by atoms with Crippen molar-refractivity contribution in [2.45, 2.75) is 69.7 Å². The van der Waals surface area contributed by atoms with Crippen molar-refractivity contribution in [3.8, 4) is 0 Å². The summed E-state index contributed by atoms with van der Waals surface area (Å²) in [6.07, 6.45) is 6.04. The monoisotopic (exact) mass is 421 g/mol. The van der Waals surface area contributed by atoms with Gasteiger partial charge in [-0.05, 0) is 37.5 Å². The first-order chi connectivity index (χ1) is 13.4. The molecule has 2 rings (SSSR count). The van der Waals surface area contributed by atoms with Crippen LogP contribution in [0.3, 0.4) is 0 Å². The largest absolute Gasteiger partial charge is 0.480 e. The highest BCUT2D eigenvalue weighted by Gasteiger charge is 2.21. The van der Waals surface area contributed by atoms with Gasteiger partial charge in [-0.2, -0.15) is 0 Å². The van der Waals surface area contributed by atoms with E-state index in [1.807, 2.05) is 32.0 Å². The fourth-order valence-electron chi connectivity index (χ4n) is 2.83. The van der Waals surface area contributed by atoms with E-state index >= 15 is 0 Å². The predicted octanol–water partition coefficient (Wildman–Crippen LogP) is 6.40. The zero-order chi connectivity index (χ0) is 20.5. The lowest BCUT2D eigenvalue weighted by Gasteiger charge is -2.14. The van der Waals surface area contributed by atoms with Crippen molar-refractivity contribution < 1.29 is 9.90 Å². The van der Waals surface area contributed by atoms with Crippen LogP contribution in [0.15, 0.2) is 29.4 Å². The van der Waals surface area contributed by atoms with Gasteiger partial charge < -0.3 is 10.4 Å². The Morgan fingerprint density at radius 1 is 1.21 bits per heavy atom. The zero-order valence-corrected chi connectivity index (χ0v) is 18.2. The Labute approximate surface area is 176 Å². The second-order valence-electron chi connectivity index (χ2n) is 6.88. The number of thioether (sulfide) groups is 1. The fraction of sp³-hybridized carbons (Fsp3) is 0.476. The van der Waals surface area contributed by atoms with Gasteiger partial charge in [0, 0.05) is 11.8 Å². The Kier molecular flexibility index (Phi) is 9.06. The number of carboxylic acid groups (broad SMARTS) is 1. The van der Waals surface area contributed by atoms with Crippen LogP contribution in [0, 0.1) is 13.8 Å². The number of unbranched alkanes of at least 4 members (excludes halogenated alkanes) is 4. The lowest BCUT2D eigenvalue weighted by Crippen LogP contribution is -2.17. The second-order valence-corrected chi connectivity index (χ2v) is 8.44. The average Bonchev–Trinajstić information content (AvgIpc) is 2.64. The molecular weight excluding hydrogens is 394 g/mol. The number of hydrogen-bond donors (Lipinski definition) is 2. The molecule has 0 saturated heterocycles. The number of carboxylic acids is 1. The maximum Gasteiger partial charge on any atom is 0.317 e. The van der Waals surface area contributed by atoms with Gasteiger partial charge in [0.25, 0.3) is 0 Å². The Bertz CT molecular complexity index is 801. The molecular formula is C21H28ClN3O2S. The molecule has 0 aliphatic rings. The minimum absolute atomic E-state index is 0.289. The van der Waals surface area contributed by atoms with E-state index in [1.165, 1.54) is 18.4 Å². The Balaban J connectivity index is 2.08. The summed E-state index contributed by atoms with van der Waals surface area (Å²) in [4.78, 5) is 20.3. The molecule has 1 aromatic heterocycles. The number of aryl methyl sites for hydroxylation is 1. The number of hydrogen-bond acceptors (Lipinski definition) is 5. The summed E-state index contributed by atoms with van der Waals surface area (Å²) in [6, 6.07) is 7.64. The quantitative estimate of drug-likeness (QED) is 0.189. The number of halogens is 1. The van der Waals surface area contributed by atoms with Gasteiger partial charge in [0.2, 0.25) is 0 Å². The van der Waals surface area contributed by atoms with Gasteiger partial charge in [-0.3, -0.25) is 4.79 Å². The molecule has 2 N–H and O–H groups in total. The van der Waals surface area contributed by atoms with E-state index < -0.39 is 11.2 Å². The highest BCUT2D eigenvalue weighted by atomic mass is 35.5. The van der Waals surface area contributed by atoms with Gasteiger partial charge in [0.05, 0.1) is 0 Å². The van der Waals surface area contributed by atoms with Gasteiger partial charge in [0.1, 0.15) is 16.2 Å². The predicted molar refractivity (Wildman–Crippen MR) is 117 cm³/mol. The lowest BCUT2D eigenvalue weighted by atomic mass is 10.1. The maximum atomic E-state index is 11.6. The number of anilines is 2. The molecule has 0 amide bonds. The molecule has 0 aliphatic carbocycles. The maximum absolute atomic E-state index is 11.6. The Morgan fingerprint density at radius 3 is 2.68 bits per heavy atom. The van der Waals surface area contributed by atoms with E-state index in [1.54, 1.807) is 6.07 Å². The summed E-state index contributed by atoms with van der Waals surface area (Å²) in [5.41, 5.74) is 3.24. The van der Waals surface area contributed by atoms with Crippen molar-refractivity contribution in [1.29, 1.82) is 0 Å². The molecule has 0 fully saturated rings. The molecule has 0 spiro atoms. The van der Waals surface area contributed by atoms with Crippen LogP contribution in [0.1, 0.15) is 56.6 Å². The molecule has 152 valence electrons. The second kappa shape index (κ2) is 11.3. The van der Waals surface area contributed by atoms with E-state index in [-0.39, 0.29) is 5.15 Å². The lowest BCUT2D eigenvalue weighted by molar-refractivity contribution is -0.136. The first kappa shape index (κ1) is 22.5. The van der Waals surface area contributed by atoms with Crippen molar-refractivity contribution in [3.63, 3.8) is 0 Å². The van der Waals surface area contributed by atoms with Crippen molar-refractivity contribution in [1.82, 2.24) is 9.97 Å². The molecule has 1 aromatic carbocycles.